The maximum atomic E-state index is 6.08. The van der Waals surface area contributed by atoms with E-state index in [0.29, 0.717) is 11.0 Å². The Balaban J connectivity index is 3.12. The molecule has 0 aliphatic rings. The molecule has 0 amide bonds. The number of halogens is 1. The van der Waals surface area contributed by atoms with Crippen molar-refractivity contribution in [2.24, 2.45) is 0 Å². The quantitative estimate of drug-likeness (QED) is 0.718. The summed E-state index contributed by atoms with van der Waals surface area (Å²) in [5, 5.41) is 0.538. The van der Waals surface area contributed by atoms with Crippen LogP contribution in [0.15, 0.2) is 12.1 Å². The summed E-state index contributed by atoms with van der Waals surface area (Å²) in [5.74, 6) is 0.561. The minimum atomic E-state index is 0.0658. The van der Waals surface area contributed by atoms with Crippen molar-refractivity contribution >= 4 is 11.6 Å². The van der Waals surface area contributed by atoms with Crippen molar-refractivity contribution in [2.45, 2.75) is 32.6 Å². The first-order valence-corrected chi connectivity index (χ1v) is 5.10. The summed E-state index contributed by atoms with van der Waals surface area (Å²) >= 11 is 6.08. The zero-order valence-corrected chi connectivity index (χ0v) is 9.85. The van der Waals surface area contributed by atoms with Crippen molar-refractivity contribution in [2.75, 3.05) is 7.11 Å². The van der Waals surface area contributed by atoms with Crippen molar-refractivity contribution in [1.82, 2.24) is 4.98 Å². The van der Waals surface area contributed by atoms with Crippen molar-refractivity contribution in [1.29, 1.82) is 0 Å². The zero-order valence-electron chi connectivity index (χ0n) is 9.10. The Kier molecular flexibility index (Phi) is 3.38. The highest BCUT2D eigenvalue weighted by Crippen LogP contribution is 2.32. The predicted octanol–water partition coefficient (Wildman–Crippen LogP) is 3.43. The molecule has 0 radical (unpaired) electrons. The fourth-order valence-corrected chi connectivity index (χ4v) is 1.63. The van der Waals surface area contributed by atoms with E-state index in [2.05, 4.69) is 25.8 Å². The molecule has 78 valence electrons. The van der Waals surface area contributed by atoms with E-state index >= 15 is 0 Å². The lowest BCUT2D eigenvalue weighted by molar-refractivity contribution is 0.396. The van der Waals surface area contributed by atoms with Crippen LogP contribution in [0.25, 0.3) is 0 Å². The van der Waals surface area contributed by atoms with E-state index in [1.807, 2.05) is 12.1 Å². The maximum absolute atomic E-state index is 6.08. The first-order valence-electron chi connectivity index (χ1n) is 4.72. The predicted molar refractivity (Wildman–Crippen MR) is 59.1 cm³/mol. The van der Waals surface area contributed by atoms with Crippen LogP contribution in [0.1, 0.15) is 32.8 Å². The molecule has 0 aliphatic heterocycles. The highest BCUT2D eigenvalue weighted by Gasteiger charge is 2.21. The van der Waals surface area contributed by atoms with Crippen LogP contribution < -0.4 is 4.74 Å². The van der Waals surface area contributed by atoms with Crippen molar-refractivity contribution in [3.8, 4) is 5.88 Å². The average molecular weight is 214 g/mol. The topological polar surface area (TPSA) is 22.1 Å². The molecule has 0 aliphatic carbocycles. The zero-order chi connectivity index (χ0) is 10.8. The normalized spacial score (nSPS) is 11.5. The molecule has 0 bridgehead atoms. The van der Waals surface area contributed by atoms with E-state index in [1.54, 1.807) is 7.11 Å². The SMILES string of the molecule is CCC(C)(C)c1ccc(OC)nc1Cl. The van der Waals surface area contributed by atoms with Crippen LogP contribution in [0.4, 0.5) is 0 Å². The Labute approximate surface area is 90.3 Å². The van der Waals surface area contributed by atoms with Crippen LogP contribution in [0.3, 0.4) is 0 Å². The number of aromatic nitrogens is 1. The largest absolute Gasteiger partial charge is 0.481 e. The van der Waals surface area contributed by atoms with Crippen molar-refractivity contribution < 1.29 is 4.74 Å². The number of rotatable bonds is 3. The average Bonchev–Trinajstić information content (AvgIpc) is 2.17. The first-order chi connectivity index (χ1) is 6.51. The van der Waals surface area contributed by atoms with E-state index in [-0.39, 0.29) is 5.41 Å². The third kappa shape index (κ3) is 2.18. The first kappa shape index (κ1) is 11.3. The summed E-state index contributed by atoms with van der Waals surface area (Å²) in [5.41, 5.74) is 1.14. The van der Waals surface area contributed by atoms with Gasteiger partial charge in [-0.25, -0.2) is 4.98 Å². The Morgan fingerprint density at radius 2 is 2.07 bits per heavy atom. The number of pyridine rings is 1. The summed E-state index contributed by atoms with van der Waals surface area (Å²) < 4.78 is 5.00. The van der Waals surface area contributed by atoms with Gasteiger partial charge in [0.2, 0.25) is 5.88 Å². The number of methoxy groups -OCH3 is 1. The summed E-state index contributed by atoms with van der Waals surface area (Å²) in [4.78, 5) is 4.15. The molecule has 0 aromatic carbocycles. The van der Waals surface area contributed by atoms with E-state index < -0.39 is 0 Å². The Hall–Kier alpha value is -0.760. The molecule has 0 saturated heterocycles. The maximum Gasteiger partial charge on any atom is 0.214 e. The lowest BCUT2D eigenvalue weighted by atomic mass is 9.83. The highest BCUT2D eigenvalue weighted by atomic mass is 35.5. The van der Waals surface area contributed by atoms with Gasteiger partial charge in [-0.15, -0.1) is 0 Å². The van der Waals surface area contributed by atoms with Gasteiger partial charge in [-0.3, -0.25) is 0 Å². The molecule has 0 N–H and O–H groups in total. The monoisotopic (exact) mass is 213 g/mol. The summed E-state index contributed by atoms with van der Waals surface area (Å²) in [6.07, 6.45) is 1.03. The van der Waals surface area contributed by atoms with Crippen LogP contribution in [0, 0.1) is 0 Å². The summed E-state index contributed by atoms with van der Waals surface area (Å²) in [6.45, 7) is 6.45. The van der Waals surface area contributed by atoms with Gasteiger partial charge in [-0.05, 0) is 17.4 Å². The van der Waals surface area contributed by atoms with Gasteiger partial charge in [0.1, 0.15) is 5.15 Å². The lowest BCUT2D eigenvalue weighted by Crippen LogP contribution is -2.16. The molecule has 1 aromatic rings. The Bertz CT molecular complexity index is 323. The van der Waals surface area contributed by atoms with E-state index in [1.165, 1.54) is 0 Å². The minimum Gasteiger partial charge on any atom is -0.481 e. The van der Waals surface area contributed by atoms with Crippen LogP contribution in [0.5, 0.6) is 5.88 Å². The molecule has 0 saturated carbocycles. The summed E-state index contributed by atoms with van der Waals surface area (Å²) in [6, 6.07) is 3.83. The van der Waals surface area contributed by atoms with Gasteiger partial charge < -0.3 is 4.74 Å². The molecule has 0 unspecified atom stereocenters. The van der Waals surface area contributed by atoms with Gasteiger partial charge in [0.05, 0.1) is 7.11 Å². The van der Waals surface area contributed by atoms with Crippen molar-refractivity contribution in [3.05, 3.63) is 22.8 Å². The van der Waals surface area contributed by atoms with Crippen LogP contribution in [-0.4, -0.2) is 12.1 Å². The van der Waals surface area contributed by atoms with Crippen LogP contribution in [0.2, 0.25) is 5.15 Å². The van der Waals surface area contributed by atoms with Crippen LogP contribution in [-0.2, 0) is 5.41 Å². The molecule has 3 heteroatoms. The van der Waals surface area contributed by atoms with Crippen molar-refractivity contribution in [3.63, 3.8) is 0 Å². The van der Waals surface area contributed by atoms with Crippen LogP contribution >= 0.6 is 11.6 Å². The second-order valence-electron chi connectivity index (χ2n) is 3.93. The smallest absolute Gasteiger partial charge is 0.214 e. The molecular weight excluding hydrogens is 198 g/mol. The van der Waals surface area contributed by atoms with Gasteiger partial charge in [0.15, 0.2) is 0 Å². The second-order valence-corrected chi connectivity index (χ2v) is 4.29. The van der Waals surface area contributed by atoms with E-state index in [9.17, 15) is 0 Å². The third-order valence-corrected chi connectivity index (χ3v) is 2.93. The molecule has 0 spiro atoms. The van der Waals surface area contributed by atoms with Gasteiger partial charge >= 0.3 is 0 Å². The Morgan fingerprint density at radius 1 is 1.43 bits per heavy atom. The molecule has 1 aromatic heterocycles. The molecule has 14 heavy (non-hydrogen) atoms. The number of hydrogen-bond acceptors (Lipinski definition) is 2. The Morgan fingerprint density at radius 3 is 2.50 bits per heavy atom. The fraction of sp³-hybridized carbons (Fsp3) is 0.545. The fourth-order valence-electron chi connectivity index (χ4n) is 1.23. The molecule has 1 heterocycles. The van der Waals surface area contributed by atoms with Gasteiger partial charge in [0.25, 0.3) is 0 Å². The molecule has 0 atom stereocenters. The second kappa shape index (κ2) is 4.18. The van der Waals surface area contributed by atoms with Gasteiger partial charge in [-0.2, -0.15) is 0 Å². The number of hydrogen-bond donors (Lipinski definition) is 0. The van der Waals surface area contributed by atoms with Gasteiger partial charge in [-0.1, -0.05) is 38.4 Å². The van der Waals surface area contributed by atoms with Gasteiger partial charge in [0, 0.05) is 6.07 Å². The van der Waals surface area contributed by atoms with E-state index in [0.717, 1.165) is 12.0 Å². The number of nitrogens with zero attached hydrogens (tertiary/aromatic N) is 1. The minimum absolute atomic E-state index is 0.0658. The molecule has 0 fully saturated rings. The van der Waals surface area contributed by atoms with E-state index in [4.69, 9.17) is 16.3 Å². The highest BCUT2D eigenvalue weighted by molar-refractivity contribution is 6.30. The lowest BCUT2D eigenvalue weighted by Gasteiger charge is -2.23. The summed E-state index contributed by atoms with van der Waals surface area (Å²) in [7, 11) is 1.59. The standard InChI is InChI=1S/C11H16ClNO/c1-5-11(2,3)8-6-7-9(14-4)13-10(8)12/h6-7H,5H2,1-4H3. The molecular formula is C11H16ClNO. The molecule has 2 nitrogen and oxygen atoms in total. The third-order valence-electron chi connectivity index (χ3n) is 2.65. The number of ether oxygens (including phenoxy) is 1. The molecule has 1 rings (SSSR count).